The summed E-state index contributed by atoms with van der Waals surface area (Å²) in [6.07, 6.45) is 6.61. The molecule has 1 saturated carbocycles. The van der Waals surface area contributed by atoms with Crippen LogP contribution in [0.4, 0.5) is 5.82 Å². The fraction of sp³-hybridized carbons (Fsp3) is 0.615. The van der Waals surface area contributed by atoms with Gasteiger partial charge in [-0.25, -0.2) is 4.98 Å². The maximum Gasteiger partial charge on any atom is 0.254 e. The van der Waals surface area contributed by atoms with Crippen LogP contribution in [0.25, 0.3) is 5.78 Å². The Balaban J connectivity index is 2.05. The van der Waals surface area contributed by atoms with E-state index in [4.69, 9.17) is 11.6 Å². The largest absolute Gasteiger partial charge is 0.352 e. The van der Waals surface area contributed by atoms with E-state index in [1.54, 1.807) is 6.33 Å². The predicted molar refractivity (Wildman–Crippen MR) is 75.8 cm³/mol. The molecule has 1 aliphatic carbocycles. The van der Waals surface area contributed by atoms with Gasteiger partial charge in [0.1, 0.15) is 12.1 Å². The first kappa shape index (κ1) is 12.7. The van der Waals surface area contributed by atoms with Gasteiger partial charge in [-0.1, -0.05) is 12.8 Å². The number of alkyl halides is 1. The molecule has 2 aromatic heterocycles. The van der Waals surface area contributed by atoms with E-state index in [9.17, 15) is 0 Å². The van der Waals surface area contributed by atoms with Gasteiger partial charge in [-0.15, -0.1) is 11.6 Å². The third kappa shape index (κ3) is 2.39. The van der Waals surface area contributed by atoms with Gasteiger partial charge in [0.2, 0.25) is 0 Å². The van der Waals surface area contributed by atoms with Crippen molar-refractivity contribution in [3.8, 4) is 0 Å². The van der Waals surface area contributed by atoms with Crippen LogP contribution in [0.3, 0.4) is 0 Å². The molecule has 102 valence electrons. The van der Waals surface area contributed by atoms with Crippen molar-refractivity contribution in [2.45, 2.75) is 38.6 Å². The molecule has 0 aromatic carbocycles. The van der Waals surface area contributed by atoms with Gasteiger partial charge in [0, 0.05) is 30.2 Å². The van der Waals surface area contributed by atoms with Crippen LogP contribution < -0.4 is 4.90 Å². The molecule has 3 rings (SSSR count). The molecule has 0 N–H and O–H groups in total. The van der Waals surface area contributed by atoms with E-state index in [1.165, 1.54) is 25.7 Å². The quantitative estimate of drug-likeness (QED) is 0.807. The van der Waals surface area contributed by atoms with Crippen molar-refractivity contribution >= 4 is 23.2 Å². The van der Waals surface area contributed by atoms with Gasteiger partial charge in [0.25, 0.3) is 5.78 Å². The van der Waals surface area contributed by atoms with Crippen LogP contribution in [0.1, 0.15) is 31.4 Å². The average Bonchev–Trinajstić information content (AvgIpc) is 3.05. The average molecular weight is 280 g/mol. The van der Waals surface area contributed by atoms with E-state index in [2.05, 4.69) is 26.0 Å². The Morgan fingerprint density at radius 2 is 2.21 bits per heavy atom. The van der Waals surface area contributed by atoms with E-state index in [0.717, 1.165) is 18.1 Å². The lowest BCUT2D eigenvalue weighted by molar-refractivity contribution is 0.605. The minimum absolute atomic E-state index is 0.563. The van der Waals surface area contributed by atoms with Crippen LogP contribution in [-0.2, 0) is 0 Å². The molecular formula is C13H18ClN5. The summed E-state index contributed by atoms with van der Waals surface area (Å²) >= 11 is 5.99. The number of halogens is 1. The Kier molecular flexibility index (Phi) is 3.55. The van der Waals surface area contributed by atoms with Crippen LogP contribution in [0.2, 0.25) is 0 Å². The maximum atomic E-state index is 5.99. The molecule has 2 aromatic rings. The van der Waals surface area contributed by atoms with Crippen LogP contribution in [0.15, 0.2) is 12.4 Å². The monoisotopic (exact) mass is 279 g/mol. The van der Waals surface area contributed by atoms with E-state index in [-0.39, 0.29) is 0 Å². The Morgan fingerprint density at radius 1 is 1.42 bits per heavy atom. The van der Waals surface area contributed by atoms with Crippen LogP contribution in [-0.4, -0.2) is 38.0 Å². The highest BCUT2D eigenvalue weighted by Gasteiger charge is 2.24. The van der Waals surface area contributed by atoms with E-state index >= 15 is 0 Å². The lowest BCUT2D eigenvalue weighted by Gasteiger charge is -2.30. The summed E-state index contributed by atoms with van der Waals surface area (Å²) in [5.41, 5.74) is 0.966. The highest BCUT2D eigenvalue weighted by atomic mass is 35.5. The molecule has 6 heteroatoms. The van der Waals surface area contributed by atoms with Crippen molar-refractivity contribution in [3.05, 3.63) is 18.1 Å². The number of hydrogen-bond acceptors (Lipinski definition) is 4. The third-order valence-electron chi connectivity index (χ3n) is 3.75. The summed E-state index contributed by atoms with van der Waals surface area (Å²) in [6, 6.07) is 2.64. The standard InChI is InChI=1S/C13H18ClN5/c1-10-8-12(19-13(17-10)15-9-16-19)18(7-6-14)11-4-2-3-5-11/h8-9,11H,2-7H2,1H3. The normalized spacial score (nSPS) is 16.3. The minimum atomic E-state index is 0.563. The van der Waals surface area contributed by atoms with Crippen molar-refractivity contribution in [1.29, 1.82) is 0 Å². The molecule has 1 fully saturated rings. The zero-order valence-electron chi connectivity index (χ0n) is 11.1. The molecular weight excluding hydrogens is 262 g/mol. The van der Waals surface area contributed by atoms with Gasteiger partial charge in [-0.05, 0) is 19.8 Å². The fourth-order valence-electron chi connectivity index (χ4n) is 2.91. The van der Waals surface area contributed by atoms with Gasteiger partial charge >= 0.3 is 0 Å². The lowest BCUT2D eigenvalue weighted by Crippen LogP contribution is -2.36. The Morgan fingerprint density at radius 3 is 2.95 bits per heavy atom. The molecule has 19 heavy (non-hydrogen) atoms. The summed E-state index contributed by atoms with van der Waals surface area (Å²) in [5.74, 6) is 2.34. The maximum absolute atomic E-state index is 5.99. The summed E-state index contributed by atoms with van der Waals surface area (Å²) in [4.78, 5) is 11.0. The number of rotatable bonds is 4. The molecule has 0 amide bonds. The SMILES string of the molecule is Cc1cc(N(CCCl)C2CCCC2)n2ncnc2n1. The second-order valence-corrected chi connectivity index (χ2v) is 5.43. The Hall–Kier alpha value is -1.36. The number of nitrogens with zero attached hydrogens (tertiary/aromatic N) is 5. The van der Waals surface area contributed by atoms with Gasteiger partial charge in [-0.3, -0.25) is 0 Å². The summed E-state index contributed by atoms with van der Waals surface area (Å²) in [6.45, 7) is 2.83. The number of anilines is 1. The topological polar surface area (TPSA) is 46.3 Å². The van der Waals surface area contributed by atoms with Crippen LogP contribution in [0, 0.1) is 6.92 Å². The zero-order valence-corrected chi connectivity index (χ0v) is 11.8. The molecule has 0 spiro atoms. The highest BCUT2D eigenvalue weighted by molar-refractivity contribution is 6.18. The van der Waals surface area contributed by atoms with Crippen LogP contribution in [0.5, 0.6) is 0 Å². The predicted octanol–water partition coefficient (Wildman–Crippen LogP) is 2.42. The van der Waals surface area contributed by atoms with Crippen molar-refractivity contribution < 1.29 is 0 Å². The van der Waals surface area contributed by atoms with Crippen molar-refractivity contribution in [3.63, 3.8) is 0 Å². The van der Waals surface area contributed by atoms with E-state index in [0.29, 0.717) is 17.7 Å². The Labute approximate surface area is 117 Å². The summed E-state index contributed by atoms with van der Waals surface area (Å²) in [7, 11) is 0. The summed E-state index contributed by atoms with van der Waals surface area (Å²) in [5, 5.41) is 4.29. The molecule has 0 radical (unpaired) electrons. The summed E-state index contributed by atoms with van der Waals surface area (Å²) < 4.78 is 1.82. The van der Waals surface area contributed by atoms with Crippen molar-refractivity contribution in [2.75, 3.05) is 17.3 Å². The lowest BCUT2D eigenvalue weighted by atomic mass is 10.2. The van der Waals surface area contributed by atoms with Gasteiger partial charge < -0.3 is 4.90 Å². The number of hydrogen-bond donors (Lipinski definition) is 0. The van der Waals surface area contributed by atoms with Gasteiger partial charge in [0.15, 0.2) is 0 Å². The smallest absolute Gasteiger partial charge is 0.254 e. The third-order valence-corrected chi connectivity index (χ3v) is 3.92. The zero-order chi connectivity index (χ0) is 13.2. The van der Waals surface area contributed by atoms with Crippen molar-refractivity contribution in [2.24, 2.45) is 0 Å². The molecule has 1 aliphatic rings. The first-order valence-corrected chi connectivity index (χ1v) is 7.33. The molecule has 0 atom stereocenters. The number of fused-ring (bicyclic) bond motifs is 1. The Bertz CT molecular complexity index is 561. The van der Waals surface area contributed by atoms with Crippen molar-refractivity contribution in [1.82, 2.24) is 19.6 Å². The molecule has 0 aliphatic heterocycles. The molecule has 2 heterocycles. The molecule has 0 saturated heterocycles. The second kappa shape index (κ2) is 5.33. The minimum Gasteiger partial charge on any atom is -0.352 e. The van der Waals surface area contributed by atoms with Gasteiger partial charge in [0.05, 0.1) is 0 Å². The number of aromatic nitrogens is 4. The second-order valence-electron chi connectivity index (χ2n) is 5.05. The van der Waals surface area contributed by atoms with Crippen LogP contribution >= 0.6 is 11.6 Å². The highest BCUT2D eigenvalue weighted by Crippen LogP contribution is 2.28. The fourth-order valence-corrected chi connectivity index (χ4v) is 3.09. The first-order chi connectivity index (χ1) is 9.29. The van der Waals surface area contributed by atoms with Gasteiger partial charge in [-0.2, -0.15) is 14.6 Å². The number of aryl methyl sites for hydroxylation is 1. The van der Waals surface area contributed by atoms with E-state index in [1.807, 2.05) is 11.4 Å². The molecule has 0 bridgehead atoms. The van der Waals surface area contributed by atoms with E-state index < -0.39 is 0 Å². The molecule has 5 nitrogen and oxygen atoms in total. The first-order valence-electron chi connectivity index (χ1n) is 6.79. The molecule has 0 unspecified atom stereocenters.